The summed E-state index contributed by atoms with van der Waals surface area (Å²) in [5.74, 6) is -0.357. The van der Waals surface area contributed by atoms with Gasteiger partial charge in [0.1, 0.15) is 0 Å². The number of nitrogens with one attached hydrogen (secondary N) is 1. The Morgan fingerprint density at radius 1 is 1.33 bits per heavy atom. The van der Waals surface area contributed by atoms with Gasteiger partial charge in [-0.15, -0.1) is 0 Å². The van der Waals surface area contributed by atoms with Crippen LogP contribution in [0.3, 0.4) is 0 Å². The van der Waals surface area contributed by atoms with Crippen molar-refractivity contribution in [2.45, 2.75) is 13.5 Å². The first-order chi connectivity index (χ1) is 11.3. The molecule has 8 heteroatoms. The Balaban J connectivity index is 1.96. The lowest BCUT2D eigenvalue weighted by molar-refractivity contribution is -0.385. The van der Waals surface area contributed by atoms with Gasteiger partial charge in [0.2, 0.25) is 0 Å². The van der Waals surface area contributed by atoms with E-state index in [1.165, 1.54) is 13.0 Å². The van der Waals surface area contributed by atoms with E-state index in [0.29, 0.717) is 10.7 Å². The van der Waals surface area contributed by atoms with Gasteiger partial charge >= 0.3 is 0 Å². The first-order valence-electron chi connectivity index (χ1n) is 7.02. The van der Waals surface area contributed by atoms with Gasteiger partial charge in [-0.3, -0.25) is 19.7 Å². The van der Waals surface area contributed by atoms with Crippen molar-refractivity contribution in [3.05, 3.63) is 73.3 Å². The Hall–Kier alpha value is -2.93. The summed E-state index contributed by atoms with van der Waals surface area (Å²) in [5.41, 5.74) is 0.588. The van der Waals surface area contributed by atoms with E-state index in [1.807, 2.05) is 0 Å². The molecule has 0 aliphatic rings. The van der Waals surface area contributed by atoms with E-state index in [-0.39, 0.29) is 23.6 Å². The highest BCUT2D eigenvalue weighted by molar-refractivity contribution is 6.31. The van der Waals surface area contributed by atoms with Crippen molar-refractivity contribution < 1.29 is 9.72 Å². The number of hydrogen-bond acceptors (Lipinski definition) is 4. The lowest BCUT2D eigenvalue weighted by Crippen LogP contribution is -2.26. The summed E-state index contributed by atoms with van der Waals surface area (Å²) >= 11 is 5.91. The number of carbonyl (C=O) groups is 1. The molecule has 7 nitrogen and oxygen atoms in total. The van der Waals surface area contributed by atoms with Crippen LogP contribution in [0.5, 0.6) is 0 Å². The maximum absolute atomic E-state index is 12.4. The summed E-state index contributed by atoms with van der Waals surface area (Å²) < 4.78 is 1.05. The van der Waals surface area contributed by atoms with Crippen molar-refractivity contribution in [1.29, 1.82) is 0 Å². The number of aromatic amines is 1. The molecular weight excluding hydrogens is 334 g/mol. The molecule has 2 aromatic heterocycles. The molecule has 1 aromatic carbocycles. The fraction of sp³-hybridized carbons (Fsp3) is 0.125. The average Bonchev–Trinajstić information content (AvgIpc) is 2.94. The lowest BCUT2D eigenvalue weighted by atomic mass is 10.2. The molecule has 0 aliphatic carbocycles. The molecule has 1 N–H and O–H groups in total. The summed E-state index contributed by atoms with van der Waals surface area (Å²) in [5, 5.41) is 12.2. The van der Waals surface area contributed by atoms with Crippen LogP contribution in [0.1, 0.15) is 16.1 Å². The molecule has 0 aliphatic heterocycles. The Kier molecular flexibility index (Phi) is 3.94. The van der Waals surface area contributed by atoms with E-state index in [0.717, 1.165) is 21.7 Å². The minimum absolute atomic E-state index is 0.209. The van der Waals surface area contributed by atoms with Crippen molar-refractivity contribution in [3.63, 3.8) is 0 Å². The third-order valence-corrected chi connectivity index (χ3v) is 3.89. The highest BCUT2D eigenvalue weighted by Gasteiger charge is 2.16. The highest BCUT2D eigenvalue weighted by atomic mass is 35.5. The van der Waals surface area contributed by atoms with Gasteiger partial charge in [0.15, 0.2) is 5.78 Å². The van der Waals surface area contributed by atoms with Gasteiger partial charge in [-0.25, -0.2) is 0 Å². The molecule has 0 amide bonds. The van der Waals surface area contributed by atoms with E-state index in [9.17, 15) is 19.7 Å². The summed E-state index contributed by atoms with van der Waals surface area (Å²) in [7, 11) is 0. The monoisotopic (exact) mass is 345 g/mol. The molecule has 24 heavy (non-hydrogen) atoms. The maximum Gasteiger partial charge on any atom is 0.286 e. The third kappa shape index (κ3) is 2.93. The fourth-order valence-corrected chi connectivity index (χ4v) is 2.66. The SMILES string of the molecule is Cc1cc([N+](=O)[O-])cn(CC(=O)c2cc3cc(Cl)ccc3[nH]2)c1=O. The Morgan fingerprint density at radius 3 is 2.79 bits per heavy atom. The number of carbonyl (C=O) groups excluding carboxylic acids is 1. The third-order valence-electron chi connectivity index (χ3n) is 3.66. The molecule has 2 heterocycles. The zero-order chi connectivity index (χ0) is 17.4. The minimum atomic E-state index is -0.599. The quantitative estimate of drug-likeness (QED) is 0.446. The van der Waals surface area contributed by atoms with Gasteiger partial charge in [0, 0.05) is 27.6 Å². The van der Waals surface area contributed by atoms with E-state index < -0.39 is 10.5 Å². The molecule has 0 saturated heterocycles. The summed E-state index contributed by atoms with van der Waals surface area (Å²) in [6.45, 7) is 1.18. The second-order valence-corrected chi connectivity index (χ2v) is 5.85. The zero-order valence-corrected chi connectivity index (χ0v) is 13.3. The fourth-order valence-electron chi connectivity index (χ4n) is 2.48. The lowest BCUT2D eigenvalue weighted by Gasteiger charge is -2.05. The molecule has 0 saturated carbocycles. The topological polar surface area (TPSA) is 98.0 Å². The van der Waals surface area contributed by atoms with Crippen LogP contribution >= 0.6 is 11.6 Å². The summed E-state index contributed by atoms with van der Waals surface area (Å²) in [6, 6.07) is 7.99. The standard InChI is InChI=1S/C16H12ClN3O4/c1-9-4-12(20(23)24)7-19(16(9)22)8-15(21)14-6-10-5-11(17)2-3-13(10)18-14/h2-7,18H,8H2,1H3. The van der Waals surface area contributed by atoms with Crippen LogP contribution < -0.4 is 5.56 Å². The largest absolute Gasteiger partial charge is 0.352 e. The number of nitro groups is 1. The highest BCUT2D eigenvalue weighted by Crippen LogP contribution is 2.20. The molecule has 3 rings (SSSR count). The van der Waals surface area contributed by atoms with E-state index >= 15 is 0 Å². The van der Waals surface area contributed by atoms with Gasteiger partial charge < -0.3 is 9.55 Å². The second kappa shape index (κ2) is 5.93. The number of H-pyrrole nitrogens is 1. The summed E-state index contributed by atoms with van der Waals surface area (Å²) in [6.07, 6.45) is 1.08. The Morgan fingerprint density at radius 2 is 2.08 bits per heavy atom. The van der Waals surface area contributed by atoms with Crippen LogP contribution in [0.4, 0.5) is 5.69 Å². The number of pyridine rings is 1. The number of fused-ring (bicyclic) bond motifs is 1. The van der Waals surface area contributed by atoms with Crippen LogP contribution in [-0.2, 0) is 6.54 Å². The van der Waals surface area contributed by atoms with Crippen molar-refractivity contribution in [1.82, 2.24) is 9.55 Å². The van der Waals surface area contributed by atoms with E-state index in [4.69, 9.17) is 11.6 Å². The number of nitrogens with zero attached hydrogens (tertiary/aromatic N) is 2. The second-order valence-electron chi connectivity index (χ2n) is 5.41. The molecule has 3 aromatic rings. The number of rotatable bonds is 4. The predicted octanol–water partition coefficient (Wildman–Crippen LogP) is 3.08. The molecular formula is C16H12ClN3O4. The predicted molar refractivity (Wildman–Crippen MR) is 89.7 cm³/mol. The van der Waals surface area contributed by atoms with E-state index in [1.54, 1.807) is 24.3 Å². The van der Waals surface area contributed by atoms with Crippen molar-refractivity contribution in [3.8, 4) is 0 Å². The minimum Gasteiger partial charge on any atom is -0.352 e. The van der Waals surface area contributed by atoms with Crippen LogP contribution in [0.25, 0.3) is 10.9 Å². The number of ketones is 1. The van der Waals surface area contributed by atoms with Crippen LogP contribution in [0, 0.1) is 17.0 Å². The zero-order valence-electron chi connectivity index (χ0n) is 12.6. The number of halogens is 1. The number of hydrogen-bond donors (Lipinski definition) is 1. The number of aryl methyl sites for hydroxylation is 1. The smallest absolute Gasteiger partial charge is 0.286 e. The van der Waals surface area contributed by atoms with Crippen LogP contribution in [0.2, 0.25) is 5.02 Å². The number of benzene rings is 1. The van der Waals surface area contributed by atoms with Crippen LogP contribution in [-0.4, -0.2) is 20.3 Å². The van der Waals surface area contributed by atoms with Gasteiger partial charge in [0.25, 0.3) is 11.2 Å². The van der Waals surface area contributed by atoms with Gasteiger partial charge in [-0.2, -0.15) is 0 Å². The summed E-state index contributed by atoms with van der Waals surface area (Å²) in [4.78, 5) is 37.8. The first-order valence-corrected chi connectivity index (χ1v) is 7.40. The van der Waals surface area contributed by atoms with Crippen LogP contribution in [0.15, 0.2) is 41.3 Å². The first kappa shape index (κ1) is 15.9. The van der Waals surface area contributed by atoms with Crippen molar-refractivity contribution in [2.75, 3.05) is 0 Å². The molecule has 0 unspecified atom stereocenters. The molecule has 0 spiro atoms. The number of aromatic nitrogens is 2. The van der Waals surface area contributed by atoms with Gasteiger partial charge in [-0.1, -0.05) is 11.6 Å². The van der Waals surface area contributed by atoms with Gasteiger partial charge in [0.05, 0.1) is 23.4 Å². The van der Waals surface area contributed by atoms with Gasteiger partial charge in [-0.05, 0) is 31.2 Å². The molecule has 0 bridgehead atoms. The average molecular weight is 346 g/mol. The Labute approximate surface area is 140 Å². The maximum atomic E-state index is 12.4. The molecule has 0 atom stereocenters. The molecule has 0 radical (unpaired) electrons. The van der Waals surface area contributed by atoms with E-state index in [2.05, 4.69) is 4.98 Å². The Bertz CT molecular complexity index is 1040. The molecule has 122 valence electrons. The number of Topliss-reactive ketones (excluding diaryl/α,β-unsaturated/α-hetero) is 1. The van der Waals surface area contributed by atoms with Crippen molar-refractivity contribution >= 4 is 34.0 Å². The normalized spacial score (nSPS) is 10.9. The van der Waals surface area contributed by atoms with Crippen molar-refractivity contribution in [2.24, 2.45) is 0 Å². The molecule has 0 fully saturated rings.